The quantitative estimate of drug-likeness (QED) is 0.790. The molecule has 0 radical (unpaired) electrons. The van der Waals surface area contributed by atoms with Gasteiger partial charge in [-0.1, -0.05) is 44.1 Å². The summed E-state index contributed by atoms with van der Waals surface area (Å²) in [5.74, 6) is 5.06. The Balaban J connectivity index is 1.88. The zero-order valence-electron chi connectivity index (χ0n) is 14.7. The van der Waals surface area contributed by atoms with E-state index in [0.717, 1.165) is 23.8 Å². The number of ether oxygens (including phenoxy) is 2. The van der Waals surface area contributed by atoms with Gasteiger partial charge in [-0.2, -0.15) is 0 Å². The molecule has 0 saturated heterocycles. The first-order valence-electron chi connectivity index (χ1n) is 8.90. The number of hydrogen-bond donors (Lipinski definition) is 1. The number of fused-ring (bicyclic) bond motifs is 1. The summed E-state index contributed by atoms with van der Waals surface area (Å²) >= 11 is 0. The van der Waals surface area contributed by atoms with E-state index in [1.807, 2.05) is 0 Å². The number of methoxy groups -OCH3 is 2. The summed E-state index contributed by atoms with van der Waals surface area (Å²) < 4.78 is 10.9. The molecule has 2 aliphatic rings. The van der Waals surface area contributed by atoms with Gasteiger partial charge in [0.05, 0.1) is 26.8 Å². The number of hydrogen-bond acceptors (Lipinski definition) is 3. The lowest BCUT2D eigenvalue weighted by Gasteiger charge is -2.25. The van der Waals surface area contributed by atoms with E-state index in [0.29, 0.717) is 6.54 Å². The van der Waals surface area contributed by atoms with E-state index in [2.05, 4.69) is 29.4 Å². The highest BCUT2D eigenvalue weighted by Gasteiger charge is 2.28. The monoisotopic (exact) mass is 325 g/mol. The molecule has 0 aromatic heterocycles. The van der Waals surface area contributed by atoms with Crippen molar-refractivity contribution in [1.82, 2.24) is 5.32 Å². The van der Waals surface area contributed by atoms with Gasteiger partial charge in [-0.3, -0.25) is 5.32 Å². The van der Waals surface area contributed by atoms with E-state index in [4.69, 9.17) is 15.9 Å². The molecular formula is C21H27NO2. The Hall–Kier alpha value is -1.92. The molecule has 1 aromatic carbocycles. The summed E-state index contributed by atoms with van der Waals surface area (Å²) in [4.78, 5) is 0. The van der Waals surface area contributed by atoms with Crippen molar-refractivity contribution < 1.29 is 9.47 Å². The smallest absolute Gasteiger partial charge is 0.161 e. The van der Waals surface area contributed by atoms with Crippen LogP contribution in [-0.4, -0.2) is 20.8 Å². The molecule has 0 aliphatic heterocycles. The van der Waals surface area contributed by atoms with Gasteiger partial charge < -0.3 is 9.47 Å². The first-order valence-corrected chi connectivity index (χ1v) is 8.90. The molecule has 1 saturated carbocycles. The van der Waals surface area contributed by atoms with Gasteiger partial charge in [0.15, 0.2) is 11.5 Å². The van der Waals surface area contributed by atoms with Gasteiger partial charge in [-0.05, 0) is 41.2 Å². The molecule has 1 atom stereocenters. The second-order valence-corrected chi connectivity index (χ2v) is 6.78. The Labute approximate surface area is 145 Å². The molecule has 1 unspecified atom stereocenters. The maximum atomic E-state index is 5.48. The van der Waals surface area contributed by atoms with Crippen molar-refractivity contribution in [3.05, 3.63) is 28.8 Å². The molecule has 1 aromatic rings. The largest absolute Gasteiger partial charge is 0.493 e. The summed E-state index contributed by atoms with van der Waals surface area (Å²) in [6, 6.07) is 4.36. The van der Waals surface area contributed by atoms with E-state index in [1.165, 1.54) is 48.8 Å². The fourth-order valence-electron chi connectivity index (χ4n) is 4.07. The van der Waals surface area contributed by atoms with Gasteiger partial charge in [-0.25, -0.2) is 0 Å². The van der Waals surface area contributed by atoms with Crippen LogP contribution < -0.4 is 14.8 Å². The van der Waals surface area contributed by atoms with Crippen molar-refractivity contribution in [2.24, 2.45) is 5.92 Å². The standard InChI is InChI=1S/C21H27NO2/c1-4-10-22-21-17(11-15-8-6-5-7-9-15)12-16-13-19(23-2)20(24-3)14-18(16)21/h1,12-15,21-22H,5-11H2,2-3H3. The average Bonchev–Trinajstić information content (AvgIpc) is 2.95. The summed E-state index contributed by atoms with van der Waals surface area (Å²) in [5, 5.41) is 3.52. The summed E-state index contributed by atoms with van der Waals surface area (Å²) in [6.07, 6.45) is 15.8. The molecule has 3 rings (SSSR count). The van der Waals surface area contributed by atoms with Gasteiger partial charge in [0.1, 0.15) is 0 Å². The number of terminal acetylenes is 1. The molecule has 0 heterocycles. The van der Waals surface area contributed by atoms with Crippen LogP contribution >= 0.6 is 0 Å². The molecule has 0 spiro atoms. The number of nitrogens with one attached hydrogen (secondary N) is 1. The highest BCUT2D eigenvalue weighted by Crippen LogP contribution is 2.44. The molecular weight excluding hydrogens is 298 g/mol. The predicted molar refractivity (Wildman–Crippen MR) is 98.3 cm³/mol. The molecule has 24 heavy (non-hydrogen) atoms. The lowest BCUT2D eigenvalue weighted by molar-refractivity contribution is 0.349. The molecule has 3 nitrogen and oxygen atoms in total. The van der Waals surface area contributed by atoms with Crippen molar-refractivity contribution in [3.8, 4) is 23.8 Å². The van der Waals surface area contributed by atoms with Crippen molar-refractivity contribution in [3.63, 3.8) is 0 Å². The molecule has 2 aliphatic carbocycles. The van der Waals surface area contributed by atoms with Crippen LogP contribution in [0.3, 0.4) is 0 Å². The van der Waals surface area contributed by atoms with Crippen molar-refractivity contribution in [2.45, 2.75) is 44.6 Å². The summed E-state index contributed by atoms with van der Waals surface area (Å²) in [5.41, 5.74) is 3.91. The van der Waals surface area contributed by atoms with Crippen molar-refractivity contribution in [2.75, 3.05) is 20.8 Å². The maximum Gasteiger partial charge on any atom is 0.161 e. The minimum Gasteiger partial charge on any atom is -0.493 e. The minimum atomic E-state index is 0.192. The lowest BCUT2D eigenvalue weighted by Crippen LogP contribution is -2.23. The Morgan fingerprint density at radius 1 is 1.12 bits per heavy atom. The molecule has 0 amide bonds. The zero-order valence-corrected chi connectivity index (χ0v) is 14.7. The first-order chi connectivity index (χ1) is 11.8. The van der Waals surface area contributed by atoms with Crippen molar-refractivity contribution >= 4 is 6.08 Å². The summed E-state index contributed by atoms with van der Waals surface area (Å²) in [6.45, 7) is 0.570. The number of rotatable bonds is 6. The van der Waals surface area contributed by atoms with Crippen LogP contribution in [0.2, 0.25) is 0 Å². The van der Waals surface area contributed by atoms with E-state index in [-0.39, 0.29) is 6.04 Å². The SMILES string of the molecule is C#CCNC1C(CC2CCCCC2)=Cc2cc(OC)c(OC)cc21. The van der Waals surface area contributed by atoms with E-state index < -0.39 is 0 Å². The minimum absolute atomic E-state index is 0.192. The highest BCUT2D eigenvalue weighted by atomic mass is 16.5. The van der Waals surface area contributed by atoms with Gasteiger partial charge in [0.2, 0.25) is 0 Å². The van der Waals surface area contributed by atoms with Crippen molar-refractivity contribution in [1.29, 1.82) is 0 Å². The first kappa shape index (κ1) is 16.9. The Kier molecular flexibility index (Phi) is 5.48. The Morgan fingerprint density at radius 2 is 1.83 bits per heavy atom. The van der Waals surface area contributed by atoms with Gasteiger partial charge in [0.25, 0.3) is 0 Å². The average molecular weight is 325 g/mol. The predicted octanol–water partition coefficient (Wildman–Crippen LogP) is 4.34. The second-order valence-electron chi connectivity index (χ2n) is 6.78. The van der Waals surface area contributed by atoms with Crippen LogP contribution in [-0.2, 0) is 0 Å². The molecule has 1 fully saturated rings. The van der Waals surface area contributed by atoms with Crippen LogP contribution in [0.5, 0.6) is 11.5 Å². The third kappa shape index (κ3) is 3.44. The van der Waals surface area contributed by atoms with Crippen LogP contribution in [0.15, 0.2) is 17.7 Å². The van der Waals surface area contributed by atoms with E-state index >= 15 is 0 Å². The normalized spacial score (nSPS) is 20.2. The topological polar surface area (TPSA) is 30.5 Å². The van der Waals surface area contributed by atoms with E-state index in [9.17, 15) is 0 Å². The molecule has 128 valence electrons. The van der Waals surface area contributed by atoms with Gasteiger partial charge in [-0.15, -0.1) is 6.42 Å². The third-order valence-corrected chi connectivity index (χ3v) is 5.27. The maximum absolute atomic E-state index is 5.48. The van der Waals surface area contributed by atoms with Crippen LogP contribution in [0.25, 0.3) is 6.08 Å². The second kappa shape index (κ2) is 7.77. The van der Waals surface area contributed by atoms with Gasteiger partial charge >= 0.3 is 0 Å². The molecule has 1 N–H and O–H groups in total. The highest BCUT2D eigenvalue weighted by molar-refractivity contribution is 5.70. The Bertz CT molecular complexity index is 651. The van der Waals surface area contributed by atoms with Crippen LogP contribution in [0.1, 0.15) is 55.7 Å². The zero-order chi connectivity index (χ0) is 16.9. The van der Waals surface area contributed by atoms with Crippen LogP contribution in [0.4, 0.5) is 0 Å². The fraction of sp³-hybridized carbons (Fsp3) is 0.524. The van der Waals surface area contributed by atoms with Gasteiger partial charge in [0, 0.05) is 0 Å². The number of benzene rings is 1. The molecule has 3 heteroatoms. The lowest BCUT2D eigenvalue weighted by atomic mass is 9.83. The van der Waals surface area contributed by atoms with Crippen LogP contribution in [0, 0.1) is 18.3 Å². The summed E-state index contributed by atoms with van der Waals surface area (Å²) in [7, 11) is 3.36. The fourth-order valence-corrected chi connectivity index (χ4v) is 4.07. The van der Waals surface area contributed by atoms with E-state index in [1.54, 1.807) is 14.2 Å². The molecule has 0 bridgehead atoms. The Morgan fingerprint density at radius 3 is 2.50 bits per heavy atom. The third-order valence-electron chi connectivity index (χ3n) is 5.27.